The maximum Gasteiger partial charge on any atom is 0.339 e. The lowest BCUT2D eigenvalue weighted by Crippen LogP contribution is -2.24. The highest BCUT2D eigenvalue weighted by Gasteiger charge is 2.11. The molecule has 3 rings (SSSR count). The highest BCUT2D eigenvalue weighted by molar-refractivity contribution is 5.90. The Morgan fingerprint density at radius 1 is 1.04 bits per heavy atom. The molecule has 0 unspecified atom stereocenters. The van der Waals surface area contributed by atoms with E-state index < -0.39 is 6.03 Å². The Bertz CT molecular complexity index is 885. The van der Waals surface area contributed by atoms with E-state index in [9.17, 15) is 4.79 Å². The molecule has 3 aromatic rings. The minimum absolute atomic E-state index is 0.395. The van der Waals surface area contributed by atoms with Gasteiger partial charge in [-0.1, -0.05) is 36.4 Å². The van der Waals surface area contributed by atoms with Gasteiger partial charge in [-0.2, -0.15) is 10.2 Å². The van der Waals surface area contributed by atoms with Crippen LogP contribution in [0.1, 0.15) is 17.0 Å². The van der Waals surface area contributed by atoms with E-state index >= 15 is 0 Å². The highest BCUT2D eigenvalue weighted by Crippen LogP contribution is 2.16. The third-order valence-electron chi connectivity index (χ3n) is 3.74. The van der Waals surface area contributed by atoms with Gasteiger partial charge in [0.1, 0.15) is 0 Å². The molecular weight excluding hydrogens is 314 g/mol. The molecular formula is C19H19N5O. The summed E-state index contributed by atoms with van der Waals surface area (Å²) in [6, 6.07) is 18.7. The highest BCUT2D eigenvalue weighted by atomic mass is 16.2. The molecule has 0 aliphatic rings. The van der Waals surface area contributed by atoms with Gasteiger partial charge in [-0.3, -0.25) is 0 Å². The summed E-state index contributed by atoms with van der Waals surface area (Å²) in [7, 11) is 0. The SMILES string of the molecule is Cc1nn(-c2ccccc2)c(C)c1/C=N/NC(=O)Nc1ccccc1. The van der Waals surface area contributed by atoms with Crippen LogP contribution >= 0.6 is 0 Å². The summed E-state index contributed by atoms with van der Waals surface area (Å²) in [5.74, 6) is 0. The molecule has 6 nitrogen and oxygen atoms in total. The summed E-state index contributed by atoms with van der Waals surface area (Å²) < 4.78 is 1.86. The van der Waals surface area contributed by atoms with Crippen molar-refractivity contribution >= 4 is 17.9 Å². The minimum atomic E-state index is -0.395. The Morgan fingerprint density at radius 3 is 2.36 bits per heavy atom. The predicted molar refractivity (Wildman–Crippen MR) is 99.2 cm³/mol. The van der Waals surface area contributed by atoms with E-state index in [1.807, 2.05) is 79.2 Å². The molecule has 0 fully saturated rings. The summed E-state index contributed by atoms with van der Waals surface area (Å²) in [6.07, 6.45) is 1.61. The molecule has 2 amide bonds. The number of nitrogens with one attached hydrogen (secondary N) is 2. The molecule has 0 bridgehead atoms. The van der Waals surface area contributed by atoms with Gasteiger partial charge in [-0.25, -0.2) is 14.9 Å². The number of hydrogen-bond acceptors (Lipinski definition) is 3. The molecule has 6 heteroatoms. The number of carbonyl (C=O) groups is 1. The van der Waals surface area contributed by atoms with Crippen LogP contribution in [0.2, 0.25) is 0 Å². The Morgan fingerprint density at radius 2 is 1.68 bits per heavy atom. The number of aryl methyl sites for hydroxylation is 1. The van der Waals surface area contributed by atoms with Crippen LogP contribution in [0.3, 0.4) is 0 Å². The summed E-state index contributed by atoms with van der Waals surface area (Å²) >= 11 is 0. The van der Waals surface area contributed by atoms with Crippen molar-refractivity contribution < 1.29 is 4.79 Å². The summed E-state index contributed by atoms with van der Waals surface area (Å²) in [5.41, 5.74) is 6.83. The Hall–Kier alpha value is -3.41. The molecule has 0 radical (unpaired) electrons. The van der Waals surface area contributed by atoms with Gasteiger partial charge in [0, 0.05) is 11.3 Å². The molecule has 25 heavy (non-hydrogen) atoms. The zero-order chi connectivity index (χ0) is 17.6. The second-order valence-electron chi connectivity index (χ2n) is 5.52. The van der Waals surface area contributed by atoms with Crippen LogP contribution < -0.4 is 10.7 Å². The fraction of sp³-hybridized carbons (Fsp3) is 0.105. The minimum Gasteiger partial charge on any atom is -0.307 e. The normalized spacial score (nSPS) is 10.8. The van der Waals surface area contributed by atoms with Crippen LogP contribution in [0.25, 0.3) is 5.69 Å². The molecule has 2 aromatic carbocycles. The van der Waals surface area contributed by atoms with Gasteiger partial charge in [-0.15, -0.1) is 0 Å². The Balaban J connectivity index is 1.70. The first-order chi connectivity index (χ1) is 12.1. The standard InChI is InChI=1S/C19H19N5O/c1-14-18(15(2)24(23-14)17-11-7-4-8-12-17)13-20-22-19(25)21-16-9-5-3-6-10-16/h3-13H,1-2H3,(H2,21,22,25)/b20-13+. The fourth-order valence-electron chi connectivity index (χ4n) is 2.50. The number of carbonyl (C=O) groups excluding carboxylic acids is 1. The van der Waals surface area contributed by atoms with Crippen molar-refractivity contribution in [2.45, 2.75) is 13.8 Å². The monoisotopic (exact) mass is 333 g/mol. The first kappa shape index (κ1) is 16.4. The van der Waals surface area contributed by atoms with Gasteiger partial charge >= 0.3 is 6.03 Å². The Labute approximate surface area is 146 Å². The molecule has 0 aliphatic heterocycles. The van der Waals surface area contributed by atoms with Gasteiger partial charge in [-0.05, 0) is 38.1 Å². The van der Waals surface area contributed by atoms with Gasteiger partial charge in [0.25, 0.3) is 0 Å². The van der Waals surface area contributed by atoms with E-state index in [1.165, 1.54) is 0 Å². The lowest BCUT2D eigenvalue weighted by molar-refractivity contribution is 0.252. The molecule has 0 spiro atoms. The van der Waals surface area contributed by atoms with Crippen molar-refractivity contribution in [3.05, 3.63) is 77.6 Å². The van der Waals surface area contributed by atoms with Gasteiger partial charge in [0.15, 0.2) is 0 Å². The maximum absolute atomic E-state index is 11.8. The largest absolute Gasteiger partial charge is 0.339 e. The zero-order valence-electron chi connectivity index (χ0n) is 14.1. The number of para-hydroxylation sites is 2. The van der Waals surface area contributed by atoms with E-state index in [1.54, 1.807) is 6.21 Å². The van der Waals surface area contributed by atoms with Crippen molar-refractivity contribution in [2.75, 3.05) is 5.32 Å². The quantitative estimate of drug-likeness (QED) is 0.565. The van der Waals surface area contributed by atoms with Gasteiger partial charge < -0.3 is 5.32 Å². The lowest BCUT2D eigenvalue weighted by Gasteiger charge is -2.04. The smallest absolute Gasteiger partial charge is 0.307 e. The second-order valence-corrected chi connectivity index (χ2v) is 5.52. The van der Waals surface area contributed by atoms with Crippen molar-refractivity contribution in [3.8, 4) is 5.69 Å². The van der Waals surface area contributed by atoms with E-state index in [0.29, 0.717) is 5.69 Å². The second kappa shape index (κ2) is 7.44. The molecule has 0 aliphatic carbocycles. The van der Waals surface area contributed by atoms with Crippen molar-refractivity contribution in [3.63, 3.8) is 0 Å². The number of benzene rings is 2. The van der Waals surface area contributed by atoms with Crippen molar-refractivity contribution in [1.29, 1.82) is 0 Å². The third-order valence-corrected chi connectivity index (χ3v) is 3.74. The van der Waals surface area contributed by atoms with E-state index in [-0.39, 0.29) is 0 Å². The van der Waals surface area contributed by atoms with Gasteiger partial charge in [0.05, 0.1) is 23.3 Å². The first-order valence-corrected chi connectivity index (χ1v) is 7.92. The summed E-state index contributed by atoms with van der Waals surface area (Å²) in [5, 5.41) is 11.3. The molecule has 1 heterocycles. The van der Waals surface area contributed by atoms with E-state index in [2.05, 4.69) is 20.9 Å². The predicted octanol–water partition coefficient (Wildman–Crippen LogP) is 3.64. The average molecular weight is 333 g/mol. The van der Waals surface area contributed by atoms with Crippen molar-refractivity contribution in [1.82, 2.24) is 15.2 Å². The lowest BCUT2D eigenvalue weighted by atomic mass is 10.2. The van der Waals surface area contributed by atoms with Crippen molar-refractivity contribution in [2.24, 2.45) is 5.10 Å². The average Bonchev–Trinajstić information content (AvgIpc) is 2.91. The van der Waals surface area contributed by atoms with Crippen LogP contribution in [0.4, 0.5) is 10.5 Å². The Kier molecular flexibility index (Phi) is 4.89. The topological polar surface area (TPSA) is 71.3 Å². The number of aromatic nitrogens is 2. The number of hydrogen-bond donors (Lipinski definition) is 2. The van der Waals surface area contributed by atoms with Crippen LogP contribution in [0, 0.1) is 13.8 Å². The fourth-order valence-corrected chi connectivity index (χ4v) is 2.50. The molecule has 0 atom stereocenters. The number of nitrogens with zero attached hydrogens (tertiary/aromatic N) is 3. The van der Waals surface area contributed by atoms with Crippen LogP contribution in [0.5, 0.6) is 0 Å². The number of urea groups is 1. The molecule has 2 N–H and O–H groups in total. The molecule has 0 saturated heterocycles. The number of rotatable bonds is 4. The molecule has 1 aromatic heterocycles. The number of hydrazone groups is 1. The molecule has 126 valence electrons. The van der Waals surface area contributed by atoms with E-state index in [0.717, 1.165) is 22.6 Å². The third kappa shape index (κ3) is 3.92. The molecule has 0 saturated carbocycles. The van der Waals surface area contributed by atoms with Crippen LogP contribution in [0.15, 0.2) is 65.8 Å². The van der Waals surface area contributed by atoms with Gasteiger partial charge in [0.2, 0.25) is 0 Å². The maximum atomic E-state index is 11.8. The van der Waals surface area contributed by atoms with E-state index in [4.69, 9.17) is 0 Å². The summed E-state index contributed by atoms with van der Waals surface area (Å²) in [4.78, 5) is 11.8. The summed E-state index contributed by atoms with van der Waals surface area (Å²) in [6.45, 7) is 3.89. The number of anilines is 1. The zero-order valence-corrected chi connectivity index (χ0v) is 14.1. The number of amides is 2. The first-order valence-electron chi connectivity index (χ1n) is 7.92. The van der Waals surface area contributed by atoms with Crippen LogP contribution in [-0.2, 0) is 0 Å². The van der Waals surface area contributed by atoms with Crippen LogP contribution in [-0.4, -0.2) is 22.0 Å².